The van der Waals surface area contributed by atoms with Crippen molar-refractivity contribution in [2.45, 2.75) is 6.92 Å². The molecule has 1 fully saturated rings. The van der Waals surface area contributed by atoms with E-state index >= 15 is 0 Å². The number of nitrogens with zero attached hydrogens (tertiary/aromatic N) is 2. The molecule has 0 saturated carbocycles. The van der Waals surface area contributed by atoms with E-state index in [1.807, 2.05) is 84.6 Å². The molecule has 2 amide bonds. The molecular weight excluding hydrogens is 472 g/mol. The summed E-state index contributed by atoms with van der Waals surface area (Å²) in [6.07, 6.45) is 0. The van der Waals surface area contributed by atoms with Crippen molar-refractivity contribution in [1.82, 2.24) is 10.2 Å². The van der Waals surface area contributed by atoms with Gasteiger partial charge in [0.15, 0.2) is 10.9 Å². The number of piperazine rings is 1. The Hall–Kier alpha value is -4.17. The molecule has 0 spiro atoms. The van der Waals surface area contributed by atoms with Crippen molar-refractivity contribution in [3.63, 3.8) is 0 Å². The molecule has 1 saturated heterocycles. The van der Waals surface area contributed by atoms with Crippen molar-refractivity contribution in [2.75, 3.05) is 36.4 Å². The lowest BCUT2D eigenvalue weighted by atomic mass is 10.1. The lowest BCUT2D eigenvalue weighted by molar-refractivity contribution is 0.0746. The van der Waals surface area contributed by atoms with Gasteiger partial charge in [-0.25, -0.2) is 0 Å². The molecule has 4 aromatic rings. The fraction of sp³-hybridized carbons (Fsp3) is 0.179. The third-order valence-electron chi connectivity index (χ3n) is 6.31. The van der Waals surface area contributed by atoms with Gasteiger partial charge in [-0.1, -0.05) is 36.4 Å². The summed E-state index contributed by atoms with van der Waals surface area (Å²) in [7, 11) is 0. The van der Waals surface area contributed by atoms with Crippen molar-refractivity contribution in [1.29, 1.82) is 0 Å². The number of aryl methyl sites for hydroxylation is 1. The van der Waals surface area contributed by atoms with Gasteiger partial charge in [-0.05, 0) is 67.2 Å². The number of hydrogen-bond acceptors (Lipinski definition) is 5. The Morgan fingerprint density at radius 1 is 0.889 bits per heavy atom. The van der Waals surface area contributed by atoms with E-state index in [1.54, 1.807) is 6.07 Å². The maximum absolute atomic E-state index is 12.9. The van der Waals surface area contributed by atoms with Crippen LogP contribution in [0.2, 0.25) is 0 Å². The van der Waals surface area contributed by atoms with Crippen LogP contribution >= 0.6 is 12.2 Å². The number of furan rings is 1. The van der Waals surface area contributed by atoms with Crippen LogP contribution in [0.1, 0.15) is 26.5 Å². The van der Waals surface area contributed by atoms with Gasteiger partial charge in [-0.3, -0.25) is 14.9 Å². The molecule has 5 rings (SSSR count). The Kier molecular flexibility index (Phi) is 6.69. The molecule has 8 heteroatoms. The molecule has 0 unspecified atom stereocenters. The minimum absolute atomic E-state index is 0.0884. The van der Waals surface area contributed by atoms with Crippen LogP contribution < -0.4 is 15.5 Å². The van der Waals surface area contributed by atoms with Crippen molar-refractivity contribution < 1.29 is 14.0 Å². The van der Waals surface area contributed by atoms with Crippen LogP contribution in [0.3, 0.4) is 0 Å². The SMILES string of the molecule is Cc1ccccc1C(=O)N1CCN(c2ccc(NC(=S)NC(=O)c3cc4ccccc4o3)cc2)CC1. The first-order valence-corrected chi connectivity index (χ1v) is 12.2. The minimum Gasteiger partial charge on any atom is -0.451 e. The van der Waals surface area contributed by atoms with Gasteiger partial charge in [-0.15, -0.1) is 0 Å². The number of para-hydroxylation sites is 1. The first-order chi connectivity index (χ1) is 17.5. The second kappa shape index (κ2) is 10.2. The minimum atomic E-state index is -0.404. The first kappa shape index (κ1) is 23.6. The molecule has 2 heterocycles. The normalized spacial score (nSPS) is 13.5. The summed E-state index contributed by atoms with van der Waals surface area (Å²) in [6, 6.07) is 24.7. The number of hydrogen-bond donors (Lipinski definition) is 2. The molecule has 0 radical (unpaired) electrons. The molecule has 3 aromatic carbocycles. The van der Waals surface area contributed by atoms with Crippen molar-refractivity contribution in [3.8, 4) is 0 Å². The highest BCUT2D eigenvalue weighted by Crippen LogP contribution is 2.21. The summed E-state index contributed by atoms with van der Waals surface area (Å²) in [5.74, 6) is -0.111. The quantitative estimate of drug-likeness (QED) is 0.393. The topological polar surface area (TPSA) is 77.8 Å². The van der Waals surface area contributed by atoms with Crippen LogP contribution in [0.25, 0.3) is 11.0 Å². The van der Waals surface area contributed by atoms with Gasteiger partial charge in [0, 0.05) is 48.5 Å². The smallest absolute Gasteiger partial charge is 0.293 e. The highest BCUT2D eigenvalue weighted by Gasteiger charge is 2.23. The van der Waals surface area contributed by atoms with E-state index in [0.29, 0.717) is 18.7 Å². The zero-order chi connectivity index (χ0) is 25.1. The van der Waals surface area contributed by atoms with E-state index in [9.17, 15) is 9.59 Å². The average Bonchev–Trinajstić information content (AvgIpc) is 3.34. The zero-order valence-corrected chi connectivity index (χ0v) is 20.7. The van der Waals surface area contributed by atoms with E-state index in [0.717, 1.165) is 41.0 Å². The molecule has 36 heavy (non-hydrogen) atoms. The monoisotopic (exact) mass is 498 g/mol. The highest BCUT2D eigenvalue weighted by molar-refractivity contribution is 7.80. The van der Waals surface area contributed by atoms with Gasteiger partial charge >= 0.3 is 0 Å². The van der Waals surface area contributed by atoms with Gasteiger partial charge in [0.1, 0.15) is 5.58 Å². The van der Waals surface area contributed by atoms with E-state index in [-0.39, 0.29) is 16.8 Å². The predicted molar refractivity (Wildman–Crippen MR) is 146 cm³/mol. The van der Waals surface area contributed by atoms with Crippen LogP contribution in [0.15, 0.2) is 83.3 Å². The van der Waals surface area contributed by atoms with Gasteiger partial charge < -0.3 is 19.5 Å². The zero-order valence-electron chi connectivity index (χ0n) is 19.9. The summed E-state index contributed by atoms with van der Waals surface area (Å²) in [6.45, 7) is 4.83. The van der Waals surface area contributed by atoms with Gasteiger partial charge in [0.05, 0.1) is 0 Å². The van der Waals surface area contributed by atoms with E-state index in [4.69, 9.17) is 16.6 Å². The molecule has 1 aromatic heterocycles. The van der Waals surface area contributed by atoms with E-state index in [1.165, 1.54) is 0 Å². The first-order valence-electron chi connectivity index (χ1n) is 11.8. The molecular formula is C28H26N4O3S. The summed E-state index contributed by atoms with van der Waals surface area (Å²) in [4.78, 5) is 29.5. The molecule has 0 aliphatic carbocycles. The summed E-state index contributed by atoms with van der Waals surface area (Å²) in [5.41, 5.74) is 4.25. The fourth-order valence-electron chi connectivity index (χ4n) is 4.33. The molecule has 7 nitrogen and oxygen atoms in total. The second-order valence-electron chi connectivity index (χ2n) is 8.70. The van der Waals surface area contributed by atoms with Crippen LogP contribution in [-0.4, -0.2) is 48.0 Å². The Balaban J connectivity index is 1.14. The number of carbonyl (C=O) groups excluding carboxylic acids is 2. The predicted octanol–water partition coefficient (Wildman–Crippen LogP) is 4.83. The van der Waals surface area contributed by atoms with Crippen LogP contribution in [0.5, 0.6) is 0 Å². The number of anilines is 2. The average molecular weight is 499 g/mol. The summed E-state index contributed by atoms with van der Waals surface area (Å²) in [5, 5.41) is 6.74. The Labute approximate surface area is 214 Å². The van der Waals surface area contributed by atoms with Gasteiger partial charge in [-0.2, -0.15) is 0 Å². The number of carbonyl (C=O) groups is 2. The third kappa shape index (κ3) is 5.08. The molecule has 182 valence electrons. The largest absolute Gasteiger partial charge is 0.451 e. The Morgan fingerprint density at radius 3 is 2.31 bits per heavy atom. The van der Waals surface area contributed by atoms with Crippen molar-refractivity contribution >= 4 is 51.5 Å². The number of nitrogens with one attached hydrogen (secondary N) is 2. The maximum Gasteiger partial charge on any atom is 0.293 e. The molecule has 1 aliphatic heterocycles. The summed E-state index contributed by atoms with van der Waals surface area (Å²) < 4.78 is 5.59. The van der Waals surface area contributed by atoms with Crippen molar-refractivity contribution in [2.24, 2.45) is 0 Å². The number of thiocarbonyl (C=S) groups is 1. The number of benzene rings is 3. The fourth-order valence-corrected chi connectivity index (χ4v) is 4.54. The number of rotatable bonds is 4. The standard InChI is InChI=1S/C28H26N4O3S/c1-19-6-2-4-8-23(19)27(34)32-16-14-31(15-17-32)22-12-10-21(11-13-22)29-28(36)30-26(33)25-18-20-7-3-5-9-24(20)35-25/h2-13,18H,14-17H2,1H3,(H2,29,30,33,36). The molecule has 0 bridgehead atoms. The van der Waals surface area contributed by atoms with Crippen LogP contribution in [0.4, 0.5) is 11.4 Å². The highest BCUT2D eigenvalue weighted by atomic mass is 32.1. The third-order valence-corrected chi connectivity index (χ3v) is 6.51. The number of fused-ring (bicyclic) bond motifs is 1. The van der Waals surface area contributed by atoms with Crippen LogP contribution in [0, 0.1) is 6.92 Å². The van der Waals surface area contributed by atoms with Crippen molar-refractivity contribution in [3.05, 3.63) is 95.7 Å². The molecule has 1 aliphatic rings. The lowest BCUT2D eigenvalue weighted by Gasteiger charge is -2.36. The maximum atomic E-state index is 12.9. The molecule has 2 N–H and O–H groups in total. The Bertz CT molecular complexity index is 1390. The lowest BCUT2D eigenvalue weighted by Crippen LogP contribution is -2.48. The van der Waals surface area contributed by atoms with E-state index < -0.39 is 5.91 Å². The van der Waals surface area contributed by atoms with E-state index in [2.05, 4.69) is 15.5 Å². The number of amides is 2. The second-order valence-corrected chi connectivity index (χ2v) is 9.11. The molecule has 0 atom stereocenters. The van der Waals surface area contributed by atoms with Gasteiger partial charge in [0.2, 0.25) is 0 Å². The summed E-state index contributed by atoms with van der Waals surface area (Å²) >= 11 is 5.31. The Morgan fingerprint density at radius 2 is 1.58 bits per heavy atom. The van der Waals surface area contributed by atoms with Crippen LogP contribution in [-0.2, 0) is 0 Å². The van der Waals surface area contributed by atoms with Gasteiger partial charge in [0.25, 0.3) is 11.8 Å².